The summed E-state index contributed by atoms with van der Waals surface area (Å²) in [6, 6.07) is 10.8. The number of fused-ring (bicyclic) bond motifs is 2. The number of hydrogen-bond donors (Lipinski definition) is 0. The van der Waals surface area contributed by atoms with Gasteiger partial charge in [-0.05, 0) is 75.5 Å². The zero-order valence-electron chi connectivity index (χ0n) is 15.2. The van der Waals surface area contributed by atoms with Gasteiger partial charge in [-0.3, -0.25) is 0 Å². The topological polar surface area (TPSA) is 29.3 Å². The molecule has 1 fully saturated rings. The van der Waals surface area contributed by atoms with Crippen LogP contribution in [-0.4, -0.2) is 30.2 Å². The molecule has 2 aromatic carbocycles. The summed E-state index contributed by atoms with van der Waals surface area (Å²) in [6.07, 6.45) is 9.03. The van der Waals surface area contributed by atoms with Gasteiger partial charge in [0.15, 0.2) is 5.58 Å². The minimum Gasteiger partial charge on any atom is -0.355 e. The van der Waals surface area contributed by atoms with Gasteiger partial charge in [-0.15, -0.1) is 0 Å². The normalized spacial score (nSPS) is 17.2. The van der Waals surface area contributed by atoms with E-state index in [-0.39, 0.29) is 0 Å². The number of likely N-dealkylation sites (tertiary alicyclic amines) is 1. The molecule has 0 atom stereocenters. The van der Waals surface area contributed by atoms with Gasteiger partial charge in [0.1, 0.15) is 0 Å². The largest absolute Gasteiger partial charge is 0.355 e. The van der Waals surface area contributed by atoms with Crippen LogP contribution in [0, 0.1) is 5.92 Å². The molecule has 0 unspecified atom stereocenters. The maximum absolute atomic E-state index is 5.79. The SMILES string of the molecule is CC=Cc1c2ccccc2cc2c(CCC3CCN(C)CC3)noc12. The molecule has 3 heteroatoms. The van der Waals surface area contributed by atoms with Gasteiger partial charge in [-0.2, -0.15) is 0 Å². The number of aromatic nitrogens is 1. The second-order valence-corrected chi connectivity index (χ2v) is 7.30. The van der Waals surface area contributed by atoms with Crippen LogP contribution in [0.4, 0.5) is 0 Å². The molecular formula is C22H26N2O. The van der Waals surface area contributed by atoms with Crippen molar-refractivity contribution < 1.29 is 4.52 Å². The number of hydrogen-bond acceptors (Lipinski definition) is 3. The van der Waals surface area contributed by atoms with Gasteiger partial charge >= 0.3 is 0 Å². The lowest BCUT2D eigenvalue weighted by molar-refractivity contribution is 0.212. The Morgan fingerprint density at radius 1 is 1.20 bits per heavy atom. The lowest BCUT2D eigenvalue weighted by Crippen LogP contribution is -2.30. The number of nitrogens with zero attached hydrogens (tertiary/aromatic N) is 2. The Bertz CT molecular complexity index is 901. The monoisotopic (exact) mass is 334 g/mol. The van der Waals surface area contributed by atoms with Crippen LogP contribution in [0.5, 0.6) is 0 Å². The highest BCUT2D eigenvalue weighted by molar-refractivity contribution is 6.05. The average molecular weight is 334 g/mol. The van der Waals surface area contributed by atoms with Crippen molar-refractivity contribution in [1.29, 1.82) is 0 Å². The first-order chi connectivity index (χ1) is 12.3. The first-order valence-corrected chi connectivity index (χ1v) is 9.37. The standard InChI is InChI=1S/C22H26N2O/c1-3-6-19-18-8-5-4-7-17(18)15-20-21(23-25-22(19)20)10-9-16-11-13-24(2)14-12-16/h3-8,15-16H,9-14H2,1-2H3. The number of rotatable bonds is 4. The highest BCUT2D eigenvalue weighted by Crippen LogP contribution is 2.32. The molecule has 1 aliphatic heterocycles. The minimum absolute atomic E-state index is 0.818. The van der Waals surface area contributed by atoms with Crippen molar-refractivity contribution in [1.82, 2.24) is 10.1 Å². The highest BCUT2D eigenvalue weighted by atomic mass is 16.5. The van der Waals surface area contributed by atoms with Gasteiger partial charge < -0.3 is 9.42 Å². The van der Waals surface area contributed by atoms with E-state index in [4.69, 9.17) is 4.52 Å². The van der Waals surface area contributed by atoms with Crippen molar-refractivity contribution in [2.45, 2.75) is 32.6 Å². The van der Waals surface area contributed by atoms with Gasteiger partial charge in [-0.25, -0.2) is 0 Å². The predicted octanol–water partition coefficient (Wildman–Crippen LogP) is 5.29. The Labute approximate surface area is 149 Å². The molecule has 0 N–H and O–H groups in total. The maximum atomic E-state index is 5.79. The molecule has 1 aromatic heterocycles. The van der Waals surface area contributed by atoms with Crippen LogP contribution in [0.1, 0.15) is 37.4 Å². The molecule has 3 aromatic rings. The summed E-state index contributed by atoms with van der Waals surface area (Å²) in [5.74, 6) is 0.818. The first-order valence-electron chi connectivity index (χ1n) is 9.37. The van der Waals surface area contributed by atoms with Crippen molar-refractivity contribution in [2.24, 2.45) is 5.92 Å². The molecule has 4 rings (SSSR count). The van der Waals surface area contributed by atoms with E-state index in [0.717, 1.165) is 29.2 Å². The molecule has 0 aliphatic carbocycles. The van der Waals surface area contributed by atoms with Crippen molar-refractivity contribution in [3.63, 3.8) is 0 Å². The van der Waals surface area contributed by atoms with E-state index in [2.05, 4.69) is 59.6 Å². The molecule has 1 saturated heterocycles. The molecule has 0 radical (unpaired) electrons. The first kappa shape index (κ1) is 16.3. The predicted molar refractivity (Wildman–Crippen MR) is 105 cm³/mol. The summed E-state index contributed by atoms with van der Waals surface area (Å²) in [4.78, 5) is 2.43. The van der Waals surface area contributed by atoms with Crippen molar-refractivity contribution in [3.05, 3.63) is 47.7 Å². The fourth-order valence-electron chi connectivity index (χ4n) is 4.02. The van der Waals surface area contributed by atoms with E-state index in [0.29, 0.717) is 0 Å². The molecular weight excluding hydrogens is 308 g/mol. The quantitative estimate of drug-likeness (QED) is 0.649. The summed E-state index contributed by atoms with van der Waals surface area (Å²) in [6.45, 7) is 4.49. The number of aryl methyl sites for hydroxylation is 1. The second kappa shape index (κ2) is 7.01. The Kier molecular flexibility index (Phi) is 4.58. The van der Waals surface area contributed by atoms with Crippen molar-refractivity contribution in [2.75, 3.05) is 20.1 Å². The van der Waals surface area contributed by atoms with Gasteiger partial charge in [0.05, 0.1) is 5.69 Å². The fourth-order valence-corrected chi connectivity index (χ4v) is 4.02. The lowest BCUT2D eigenvalue weighted by Gasteiger charge is -2.28. The molecule has 130 valence electrons. The summed E-state index contributed by atoms with van der Waals surface area (Å²) in [5.41, 5.74) is 3.19. The van der Waals surface area contributed by atoms with Crippen LogP contribution in [0.2, 0.25) is 0 Å². The van der Waals surface area contributed by atoms with E-state index in [1.165, 1.54) is 48.5 Å². The summed E-state index contributed by atoms with van der Waals surface area (Å²) in [7, 11) is 2.22. The number of benzene rings is 2. The van der Waals surface area contributed by atoms with E-state index >= 15 is 0 Å². The third kappa shape index (κ3) is 3.21. The number of piperidine rings is 1. The van der Waals surface area contributed by atoms with Gasteiger partial charge in [0.2, 0.25) is 0 Å². The fraction of sp³-hybridized carbons (Fsp3) is 0.409. The van der Waals surface area contributed by atoms with Crippen LogP contribution < -0.4 is 0 Å². The average Bonchev–Trinajstić information content (AvgIpc) is 3.04. The maximum Gasteiger partial charge on any atom is 0.174 e. The highest BCUT2D eigenvalue weighted by Gasteiger charge is 2.19. The lowest BCUT2D eigenvalue weighted by atomic mass is 9.91. The van der Waals surface area contributed by atoms with E-state index in [1.54, 1.807) is 0 Å². The summed E-state index contributed by atoms with van der Waals surface area (Å²) < 4.78 is 5.79. The van der Waals surface area contributed by atoms with Crippen LogP contribution >= 0.6 is 0 Å². The Balaban J connectivity index is 1.66. The Morgan fingerprint density at radius 3 is 2.80 bits per heavy atom. The van der Waals surface area contributed by atoms with Gasteiger partial charge in [0, 0.05) is 10.9 Å². The molecule has 0 saturated carbocycles. The van der Waals surface area contributed by atoms with Crippen molar-refractivity contribution in [3.8, 4) is 0 Å². The summed E-state index contributed by atoms with van der Waals surface area (Å²) >= 11 is 0. The smallest absolute Gasteiger partial charge is 0.174 e. The zero-order chi connectivity index (χ0) is 17.2. The molecule has 25 heavy (non-hydrogen) atoms. The number of allylic oxidation sites excluding steroid dienone is 1. The van der Waals surface area contributed by atoms with Crippen LogP contribution in [0.15, 0.2) is 40.9 Å². The summed E-state index contributed by atoms with van der Waals surface area (Å²) in [5, 5.41) is 8.11. The Morgan fingerprint density at radius 2 is 2.00 bits per heavy atom. The van der Waals surface area contributed by atoms with Crippen LogP contribution in [0.25, 0.3) is 27.8 Å². The second-order valence-electron chi connectivity index (χ2n) is 7.30. The molecule has 1 aliphatic rings. The zero-order valence-corrected chi connectivity index (χ0v) is 15.2. The van der Waals surface area contributed by atoms with E-state index in [1.807, 2.05) is 6.92 Å². The van der Waals surface area contributed by atoms with E-state index in [9.17, 15) is 0 Å². The minimum atomic E-state index is 0.818. The van der Waals surface area contributed by atoms with E-state index < -0.39 is 0 Å². The molecule has 0 amide bonds. The van der Waals surface area contributed by atoms with Gasteiger partial charge in [-0.1, -0.05) is 41.6 Å². The molecule has 3 nitrogen and oxygen atoms in total. The third-order valence-electron chi connectivity index (χ3n) is 5.56. The molecule has 0 bridgehead atoms. The van der Waals surface area contributed by atoms with Crippen LogP contribution in [-0.2, 0) is 6.42 Å². The van der Waals surface area contributed by atoms with Crippen molar-refractivity contribution >= 4 is 27.8 Å². The molecule has 2 heterocycles. The van der Waals surface area contributed by atoms with Gasteiger partial charge in [0.25, 0.3) is 0 Å². The molecule has 0 spiro atoms. The third-order valence-corrected chi connectivity index (χ3v) is 5.56. The van der Waals surface area contributed by atoms with Crippen LogP contribution in [0.3, 0.4) is 0 Å². The Hall–Kier alpha value is -2.13.